The maximum absolute atomic E-state index is 12.9. The van der Waals surface area contributed by atoms with E-state index in [0.29, 0.717) is 6.42 Å². The monoisotopic (exact) mass is 361 g/mol. The van der Waals surface area contributed by atoms with Gasteiger partial charge in [-0.3, -0.25) is 9.59 Å². The van der Waals surface area contributed by atoms with E-state index in [9.17, 15) is 14.9 Å². The average Bonchev–Trinajstić information content (AvgIpc) is 2.66. The predicted octanol–water partition coefficient (Wildman–Crippen LogP) is 2.98. The fourth-order valence-electron chi connectivity index (χ4n) is 2.69. The van der Waals surface area contributed by atoms with Gasteiger partial charge >= 0.3 is 0 Å². The summed E-state index contributed by atoms with van der Waals surface area (Å²) in [4.78, 5) is 26.4. The van der Waals surface area contributed by atoms with Gasteiger partial charge in [-0.1, -0.05) is 42.5 Å². The number of amides is 1. The third kappa shape index (κ3) is 5.82. The molecule has 1 amide bonds. The minimum absolute atomic E-state index is 0.0160. The van der Waals surface area contributed by atoms with Gasteiger partial charge in [-0.15, -0.1) is 0 Å². The summed E-state index contributed by atoms with van der Waals surface area (Å²) in [5.41, 5.74) is 2.71. The summed E-state index contributed by atoms with van der Waals surface area (Å²) >= 11 is 0. The molecule has 0 unspecified atom stereocenters. The second-order valence-electron chi connectivity index (χ2n) is 6.46. The second kappa shape index (κ2) is 9.35. The molecule has 0 aliphatic heterocycles. The average molecular weight is 361 g/mol. The van der Waals surface area contributed by atoms with E-state index >= 15 is 0 Å². The zero-order valence-corrected chi connectivity index (χ0v) is 15.8. The summed E-state index contributed by atoms with van der Waals surface area (Å²) in [5.74, 6) is -0.704. The van der Waals surface area contributed by atoms with E-state index in [2.05, 4.69) is 5.32 Å². The van der Waals surface area contributed by atoms with Crippen LogP contribution in [0.25, 0.3) is 6.08 Å². The molecule has 0 radical (unpaired) electrons. The fourth-order valence-corrected chi connectivity index (χ4v) is 2.69. The summed E-state index contributed by atoms with van der Waals surface area (Å²) in [6.07, 6.45) is 1.89. The SMILES string of the molecule is CC(=O)N[C@@H](Cc1ccccc1)C(=O)/C(C#N)=C/c1ccc(N(C)C)cc1. The highest BCUT2D eigenvalue weighted by molar-refractivity contribution is 6.07. The van der Waals surface area contributed by atoms with Crippen LogP contribution in [-0.2, 0) is 16.0 Å². The van der Waals surface area contributed by atoms with Crippen LogP contribution in [-0.4, -0.2) is 31.8 Å². The third-order valence-electron chi connectivity index (χ3n) is 4.08. The molecule has 2 aromatic rings. The Labute approximate surface area is 159 Å². The topological polar surface area (TPSA) is 73.2 Å². The van der Waals surface area contributed by atoms with Crippen LogP contribution in [0.15, 0.2) is 60.2 Å². The maximum atomic E-state index is 12.9. The molecular formula is C22H23N3O2. The normalized spacial score (nSPS) is 12.0. The molecule has 5 heteroatoms. The Morgan fingerprint density at radius 3 is 2.26 bits per heavy atom. The van der Waals surface area contributed by atoms with Crippen molar-refractivity contribution in [2.75, 3.05) is 19.0 Å². The van der Waals surface area contributed by atoms with Gasteiger partial charge in [-0.05, 0) is 29.3 Å². The Morgan fingerprint density at radius 1 is 1.11 bits per heavy atom. The van der Waals surface area contributed by atoms with Crippen LogP contribution in [0.1, 0.15) is 18.1 Å². The predicted molar refractivity (Wildman–Crippen MR) is 107 cm³/mol. The van der Waals surface area contributed by atoms with Crippen LogP contribution >= 0.6 is 0 Å². The van der Waals surface area contributed by atoms with Crippen molar-refractivity contribution in [1.29, 1.82) is 5.26 Å². The summed E-state index contributed by atoms with van der Waals surface area (Å²) < 4.78 is 0. The fraction of sp³-hybridized carbons (Fsp3) is 0.227. The molecule has 0 aliphatic carbocycles. The van der Waals surface area contributed by atoms with E-state index in [1.54, 1.807) is 6.08 Å². The molecule has 5 nitrogen and oxygen atoms in total. The zero-order chi connectivity index (χ0) is 19.8. The van der Waals surface area contributed by atoms with Gasteiger partial charge in [-0.25, -0.2) is 0 Å². The molecule has 138 valence electrons. The van der Waals surface area contributed by atoms with E-state index in [-0.39, 0.29) is 11.5 Å². The number of anilines is 1. The summed E-state index contributed by atoms with van der Waals surface area (Å²) in [5, 5.41) is 12.2. The highest BCUT2D eigenvalue weighted by atomic mass is 16.2. The van der Waals surface area contributed by atoms with Crippen LogP contribution in [0.5, 0.6) is 0 Å². The van der Waals surface area contributed by atoms with E-state index in [1.165, 1.54) is 6.92 Å². The Morgan fingerprint density at radius 2 is 1.74 bits per heavy atom. The van der Waals surface area contributed by atoms with Crippen molar-refractivity contribution in [3.8, 4) is 6.07 Å². The number of nitriles is 1. The number of carbonyl (C=O) groups excluding carboxylic acids is 2. The van der Waals surface area contributed by atoms with E-state index in [1.807, 2.05) is 79.7 Å². The molecule has 0 saturated carbocycles. The van der Waals surface area contributed by atoms with Gasteiger partial charge in [0.15, 0.2) is 5.78 Å². The lowest BCUT2D eigenvalue weighted by Gasteiger charge is -2.16. The van der Waals surface area contributed by atoms with Gasteiger partial charge in [-0.2, -0.15) is 5.26 Å². The standard InChI is InChI=1S/C22H23N3O2/c1-16(26)24-21(14-17-7-5-4-6-8-17)22(27)19(15-23)13-18-9-11-20(12-10-18)25(2)3/h4-13,21H,14H2,1-3H3,(H,24,26)/b19-13+/t21-/m0/s1. The first kappa shape index (κ1) is 19.9. The first-order chi connectivity index (χ1) is 12.9. The number of hydrogen-bond donors (Lipinski definition) is 1. The van der Waals surface area contributed by atoms with Crippen LogP contribution in [0.3, 0.4) is 0 Å². The third-order valence-corrected chi connectivity index (χ3v) is 4.08. The summed E-state index contributed by atoms with van der Waals surface area (Å²) in [7, 11) is 3.88. The van der Waals surface area contributed by atoms with Crippen LogP contribution in [0.2, 0.25) is 0 Å². The van der Waals surface area contributed by atoms with Crippen LogP contribution in [0, 0.1) is 11.3 Å². The first-order valence-electron chi connectivity index (χ1n) is 8.65. The molecule has 0 aliphatic rings. The molecule has 2 rings (SSSR count). The van der Waals surface area contributed by atoms with Gasteiger partial charge in [0.2, 0.25) is 5.91 Å². The minimum Gasteiger partial charge on any atom is -0.378 e. The molecule has 0 bridgehead atoms. The molecule has 2 aromatic carbocycles. The molecule has 0 aromatic heterocycles. The number of benzene rings is 2. The summed E-state index contributed by atoms with van der Waals surface area (Å²) in [6.45, 7) is 1.36. The Balaban J connectivity index is 2.27. The number of Topliss-reactive ketones (excluding diaryl/α,β-unsaturated/α-hetero) is 1. The Bertz CT molecular complexity index is 863. The van der Waals surface area contributed by atoms with Gasteiger partial charge in [0.1, 0.15) is 6.07 Å². The second-order valence-corrected chi connectivity index (χ2v) is 6.46. The quantitative estimate of drug-likeness (QED) is 0.608. The van der Waals surface area contributed by atoms with Gasteiger partial charge in [0, 0.05) is 33.1 Å². The highest BCUT2D eigenvalue weighted by Gasteiger charge is 2.23. The minimum atomic E-state index is -0.781. The number of nitrogens with zero attached hydrogens (tertiary/aromatic N) is 2. The summed E-state index contributed by atoms with van der Waals surface area (Å²) in [6, 6.07) is 18.1. The molecular weight excluding hydrogens is 338 g/mol. The lowest BCUT2D eigenvalue weighted by molar-refractivity contribution is -0.124. The number of ketones is 1. The maximum Gasteiger partial charge on any atom is 0.217 e. The number of nitrogens with one attached hydrogen (secondary N) is 1. The van der Waals surface area contributed by atoms with Gasteiger partial charge in [0.05, 0.1) is 11.6 Å². The number of carbonyl (C=O) groups is 2. The van der Waals surface area contributed by atoms with Crippen molar-refractivity contribution in [2.45, 2.75) is 19.4 Å². The number of hydrogen-bond acceptors (Lipinski definition) is 4. The van der Waals surface area contributed by atoms with E-state index < -0.39 is 11.8 Å². The van der Waals surface area contributed by atoms with E-state index in [0.717, 1.165) is 16.8 Å². The zero-order valence-electron chi connectivity index (χ0n) is 15.8. The lowest BCUT2D eigenvalue weighted by atomic mass is 9.96. The smallest absolute Gasteiger partial charge is 0.217 e. The van der Waals surface area contributed by atoms with Gasteiger partial charge < -0.3 is 10.2 Å². The Kier molecular flexibility index (Phi) is 6.90. The molecule has 0 spiro atoms. The van der Waals surface area contributed by atoms with E-state index in [4.69, 9.17) is 0 Å². The molecule has 0 fully saturated rings. The largest absolute Gasteiger partial charge is 0.378 e. The molecule has 1 atom stereocenters. The van der Waals surface area contributed by atoms with Crippen LogP contribution in [0.4, 0.5) is 5.69 Å². The number of rotatable bonds is 7. The molecule has 27 heavy (non-hydrogen) atoms. The van der Waals surface area contributed by atoms with Crippen molar-refractivity contribution in [2.24, 2.45) is 0 Å². The van der Waals surface area contributed by atoms with Crippen molar-refractivity contribution >= 4 is 23.5 Å². The van der Waals surface area contributed by atoms with Crippen LogP contribution < -0.4 is 10.2 Å². The van der Waals surface area contributed by atoms with Gasteiger partial charge in [0.25, 0.3) is 0 Å². The van der Waals surface area contributed by atoms with Crippen molar-refractivity contribution in [1.82, 2.24) is 5.32 Å². The Hall–Kier alpha value is -3.39. The first-order valence-corrected chi connectivity index (χ1v) is 8.65. The highest BCUT2D eigenvalue weighted by Crippen LogP contribution is 2.16. The van der Waals surface area contributed by atoms with Crippen molar-refractivity contribution in [3.05, 3.63) is 71.3 Å². The lowest BCUT2D eigenvalue weighted by Crippen LogP contribution is -2.41. The molecule has 1 N–H and O–H groups in total. The molecule has 0 heterocycles. The van der Waals surface area contributed by atoms with Crippen molar-refractivity contribution < 1.29 is 9.59 Å². The molecule has 0 saturated heterocycles. The van der Waals surface area contributed by atoms with Crippen molar-refractivity contribution in [3.63, 3.8) is 0 Å².